The lowest BCUT2D eigenvalue weighted by Gasteiger charge is -2.22. The highest BCUT2D eigenvalue weighted by atomic mass is 16.1. The fourth-order valence-electron chi connectivity index (χ4n) is 2.23. The van der Waals surface area contributed by atoms with Gasteiger partial charge in [0.15, 0.2) is 5.43 Å². The first-order valence-corrected chi connectivity index (χ1v) is 5.51. The Morgan fingerprint density at radius 3 is 2.43 bits per heavy atom. The average molecular weight is 191 g/mol. The summed E-state index contributed by atoms with van der Waals surface area (Å²) in [7, 11) is 0. The molecule has 14 heavy (non-hydrogen) atoms. The van der Waals surface area contributed by atoms with Crippen molar-refractivity contribution >= 4 is 0 Å². The molecule has 0 unspecified atom stereocenters. The lowest BCUT2D eigenvalue weighted by atomic mass is 9.89. The van der Waals surface area contributed by atoms with Crippen molar-refractivity contribution in [3.05, 3.63) is 34.7 Å². The molecule has 0 bridgehead atoms. The molecule has 1 aromatic heterocycles. The van der Waals surface area contributed by atoms with Crippen LogP contribution in [0, 0.1) is 5.92 Å². The van der Waals surface area contributed by atoms with Gasteiger partial charge in [-0.15, -0.1) is 0 Å². The summed E-state index contributed by atoms with van der Waals surface area (Å²) < 4.78 is 2.14. The SMILES string of the molecule is O=c1ccn(CC2CCCCC2)cc1. The zero-order valence-electron chi connectivity index (χ0n) is 8.48. The Morgan fingerprint density at radius 1 is 1.14 bits per heavy atom. The highest BCUT2D eigenvalue weighted by molar-refractivity contribution is 4.93. The molecule has 0 spiro atoms. The third kappa shape index (κ3) is 2.47. The van der Waals surface area contributed by atoms with Gasteiger partial charge in [0.05, 0.1) is 0 Å². The molecule has 0 aromatic carbocycles. The van der Waals surface area contributed by atoms with Crippen molar-refractivity contribution in [2.75, 3.05) is 0 Å². The average Bonchev–Trinajstić information content (AvgIpc) is 2.23. The molecular weight excluding hydrogens is 174 g/mol. The van der Waals surface area contributed by atoms with E-state index in [2.05, 4.69) is 4.57 Å². The molecule has 0 atom stereocenters. The quantitative estimate of drug-likeness (QED) is 0.703. The van der Waals surface area contributed by atoms with Gasteiger partial charge >= 0.3 is 0 Å². The minimum atomic E-state index is 0.102. The summed E-state index contributed by atoms with van der Waals surface area (Å²) >= 11 is 0. The lowest BCUT2D eigenvalue weighted by Crippen LogP contribution is -2.14. The minimum absolute atomic E-state index is 0.102. The van der Waals surface area contributed by atoms with Gasteiger partial charge in [0.1, 0.15) is 0 Å². The van der Waals surface area contributed by atoms with E-state index in [1.807, 2.05) is 12.4 Å². The van der Waals surface area contributed by atoms with Crippen molar-refractivity contribution in [1.82, 2.24) is 4.57 Å². The van der Waals surface area contributed by atoms with Crippen LogP contribution in [0.2, 0.25) is 0 Å². The lowest BCUT2D eigenvalue weighted by molar-refractivity contribution is 0.318. The van der Waals surface area contributed by atoms with Crippen LogP contribution in [-0.4, -0.2) is 4.57 Å². The van der Waals surface area contributed by atoms with Gasteiger partial charge in [-0.1, -0.05) is 19.3 Å². The van der Waals surface area contributed by atoms with Crippen LogP contribution in [0.3, 0.4) is 0 Å². The topological polar surface area (TPSA) is 22.0 Å². The van der Waals surface area contributed by atoms with E-state index in [0.717, 1.165) is 12.5 Å². The first kappa shape index (κ1) is 9.50. The number of pyridine rings is 1. The largest absolute Gasteiger partial charge is 0.354 e. The van der Waals surface area contributed by atoms with E-state index < -0.39 is 0 Å². The highest BCUT2D eigenvalue weighted by Crippen LogP contribution is 2.24. The maximum absolute atomic E-state index is 10.9. The van der Waals surface area contributed by atoms with Crippen molar-refractivity contribution in [2.24, 2.45) is 5.92 Å². The molecule has 1 aliphatic carbocycles. The van der Waals surface area contributed by atoms with Crippen LogP contribution in [0.1, 0.15) is 32.1 Å². The van der Waals surface area contributed by atoms with Gasteiger partial charge in [-0.3, -0.25) is 4.79 Å². The van der Waals surface area contributed by atoms with Crippen molar-refractivity contribution in [1.29, 1.82) is 0 Å². The Kier molecular flexibility index (Phi) is 3.02. The molecule has 2 heteroatoms. The molecule has 0 saturated heterocycles. The molecule has 2 rings (SSSR count). The number of hydrogen-bond donors (Lipinski definition) is 0. The molecule has 0 radical (unpaired) electrons. The van der Waals surface area contributed by atoms with Crippen molar-refractivity contribution in [3.8, 4) is 0 Å². The Morgan fingerprint density at radius 2 is 1.79 bits per heavy atom. The van der Waals surface area contributed by atoms with E-state index in [1.54, 1.807) is 12.1 Å². The second-order valence-corrected chi connectivity index (χ2v) is 4.23. The predicted octanol–water partition coefficient (Wildman–Crippen LogP) is 2.43. The zero-order valence-corrected chi connectivity index (χ0v) is 8.48. The van der Waals surface area contributed by atoms with Crippen molar-refractivity contribution < 1.29 is 0 Å². The summed E-state index contributed by atoms with van der Waals surface area (Å²) in [6, 6.07) is 3.28. The van der Waals surface area contributed by atoms with Crippen LogP contribution in [0.4, 0.5) is 0 Å². The van der Waals surface area contributed by atoms with E-state index in [9.17, 15) is 4.79 Å². The molecule has 0 aliphatic heterocycles. The van der Waals surface area contributed by atoms with Crippen LogP contribution < -0.4 is 5.43 Å². The summed E-state index contributed by atoms with van der Waals surface area (Å²) in [6.45, 7) is 1.08. The van der Waals surface area contributed by atoms with E-state index in [4.69, 9.17) is 0 Å². The van der Waals surface area contributed by atoms with E-state index in [-0.39, 0.29) is 5.43 Å². The van der Waals surface area contributed by atoms with E-state index in [1.165, 1.54) is 32.1 Å². The monoisotopic (exact) mass is 191 g/mol. The zero-order chi connectivity index (χ0) is 9.80. The molecule has 0 N–H and O–H groups in total. The number of rotatable bonds is 2. The molecule has 1 fully saturated rings. The Labute approximate surface area is 84.6 Å². The molecule has 2 nitrogen and oxygen atoms in total. The molecule has 76 valence electrons. The number of nitrogens with zero attached hydrogens (tertiary/aromatic N) is 1. The third-order valence-electron chi connectivity index (χ3n) is 3.05. The van der Waals surface area contributed by atoms with Gasteiger partial charge in [-0.05, 0) is 18.8 Å². The van der Waals surface area contributed by atoms with Crippen LogP contribution in [0.15, 0.2) is 29.3 Å². The van der Waals surface area contributed by atoms with Crippen molar-refractivity contribution in [2.45, 2.75) is 38.6 Å². The van der Waals surface area contributed by atoms with Crippen LogP contribution in [0.5, 0.6) is 0 Å². The van der Waals surface area contributed by atoms with Gasteiger partial charge in [0.2, 0.25) is 0 Å². The summed E-state index contributed by atoms with van der Waals surface area (Å²) in [5.74, 6) is 0.825. The molecule has 1 saturated carbocycles. The minimum Gasteiger partial charge on any atom is -0.354 e. The number of aromatic nitrogens is 1. The second kappa shape index (κ2) is 4.45. The first-order valence-electron chi connectivity index (χ1n) is 5.51. The Balaban J connectivity index is 1.96. The fraction of sp³-hybridized carbons (Fsp3) is 0.583. The van der Waals surface area contributed by atoms with Crippen molar-refractivity contribution in [3.63, 3.8) is 0 Å². The second-order valence-electron chi connectivity index (χ2n) is 4.23. The third-order valence-corrected chi connectivity index (χ3v) is 3.05. The molecule has 0 amide bonds. The van der Waals surface area contributed by atoms with E-state index in [0.29, 0.717) is 0 Å². The first-order chi connectivity index (χ1) is 6.84. The maximum atomic E-state index is 10.9. The predicted molar refractivity (Wildman–Crippen MR) is 57.3 cm³/mol. The molecule has 1 heterocycles. The molecular formula is C12H17NO. The number of hydrogen-bond acceptors (Lipinski definition) is 1. The summed E-state index contributed by atoms with van der Waals surface area (Å²) in [4.78, 5) is 10.9. The van der Waals surface area contributed by atoms with Gasteiger partial charge in [-0.25, -0.2) is 0 Å². The van der Waals surface area contributed by atoms with Gasteiger partial charge in [0, 0.05) is 31.1 Å². The standard InChI is InChI=1S/C12H17NO/c14-12-6-8-13(9-7-12)10-11-4-2-1-3-5-11/h6-9,11H,1-5,10H2. The maximum Gasteiger partial charge on any atom is 0.181 e. The summed E-state index contributed by atoms with van der Waals surface area (Å²) in [6.07, 6.45) is 10.7. The smallest absolute Gasteiger partial charge is 0.181 e. The van der Waals surface area contributed by atoms with Gasteiger partial charge < -0.3 is 4.57 Å². The Bertz CT molecular complexity index is 316. The highest BCUT2D eigenvalue weighted by Gasteiger charge is 2.12. The summed E-state index contributed by atoms with van der Waals surface area (Å²) in [5.41, 5.74) is 0.102. The van der Waals surface area contributed by atoms with Crippen LogP contribution >= 0.6 is 0 Å². The summed E-state index contributed by atoms with van der Waals surface area (Å²) in [5, 5.41) is 0. The normalized spacial score (nSPS) is 18.3. The van der Waals surface area contributed by atoms with E-state index >= 15 is 0 Å². The van der Waals surface area contributed by atoms with Gasteiger partial charge in [-0.2, -0.15) is 0 Å². The Hall–Kier alpha value is -1.05. The van der Waals surface area contributed by atoms with Crippen LogP contribution in [0.25, 0.3) is 0 Å². The van der Waals surface area contributed by atoms with Gasteiger partial charge in [0.25, 0.3) is 0 Å². The molecule has 1 aliphatic rings. The fourth-order valence-corrected chi connectivity index (χ4v) is 2.23. The molecule has 1 aromatic rings. The van der Waals surface area contributed by atoms with Crippen LogP contribution in [-0.2, 0) is 6.54 Å².